The lowest BCUT2D eigenvalue weighted by Gasteiger charge is -2.36. The number of nitrogens with zero attached hydrogens (tertiary/aromatic N) is 1. The van der Waals surface area contributed by atoms with Crippen molar-refractivity contribution in [2.75, 3.05) is 20.1 Å². The van der Waals surface area contributed by atoms with Gasteiger partial charge in [-0.15, -0.1) is 0 Å². The third kappa shape index (κ3) is 3.41. The van der Waals surface area contributed by atoms with Gasteiger partial charge in [-0.2, -0.15) is 0 Å². The second-order valence-electron chi connectivity index (χ2n) is 6.39. The summed E-state index contributed by atoms with van der Waals surface area (Å²) in [6, 6.07) is 5.93. The van der Waals surface area contributed by atoms with Crippen molar-refractivity contribution in [2.24, 2.45) is 5.92 Å². The van der Waals surface area contributed by atoms with Gasteiger partial charge in [0, 0.05) is 17.1 Å². The molecule has 1 saturated carbocycles. The van der Waals surface area contributed by atoms with Crippen LogP contribution in [0.15, 0.2) is 18.2 Å². The molecule has 1 aromatic carbocycles. The molecular formula is C17H24ClFN2. The van der Waals surface area contributed by atoms with E-state index in [9.17, 15) is 4.39 Å². The van der Waals surface area contributed by atoms with E-state index >= 15 is 0 Å². The Morgan fingerprint density at radius 1 is 1.29 bits per heavy atom. The Balaban J connectivity index is 1.96. The number of benzene rings is 1. The average molecular weight is 311 g/mol. The standard InChI is InChI=1S/C17H24ClFN2/c1-20-11-12-4-2-3-9-21(14-6-7-14)17(12)15-8-5-13(19)10-16(15)18/h5,8,10,12,14,17,20H,2-4,6-7,9,11H2,1H3. The van der Waals surface area contributed by atoms with E-state index in [2.05, 4.69) is 10.2 Å². The summed E-state index contributed by atoms with van der Waals surface area (Å²) in [7, 11) is 2.01. The maximum atomic E-state index is 13.4. The molecule has 2 atom stereocenters. The predicted molar refractivity (Wildman–Crippen MR) is 85.1 cm³/mol. The van der Waals surface area contributed by atoms with Gasteiger partial charge in [0.1, 0.15) is 5.82 Å². The van der Waals surface area contributed by atoms with Gasteiger partial charge in [0.15, 0.2) is 0 Å². The molecule has 1 saturated heterocycles. The number of likely N-dealkylation sites (tertiary alicyclic amines) is 1. The summed E-state index contributed by atoms with van der Waals surface area (Å²) in [6.45, 7) is 2.13. The Bertz CT molecular complexity index is 490. The highest BCUT2D eigenvalue weighted by Gasteiger charge is 2.39. The molecule has 1 aromatic rings. The zero-order chi connectivity index (χ0) is 14.8. The van der Waals surface area contributed by atoms with Crippen molar-refractivity contribution in [1.82, 2.24) is 10.2 Å². The van der Waals surface area contributed by atoms with Crippen LogP contribution in [-0.2, 0) is 0 Å². The first-order valence-corrected chi connectivity index (χ1v) is 8.44. The summed E-state index contributed by atoms with van der Waals surface area (Å²) < 4.78 is 13.4. The van der Waals surface area contributed by atoms with E-state index in [0.717, 1.165) is 18.7 Å². The quantitative estimate of drug-likeness (QED) is 0.904. The summed E-state index contributed by atoms with van der Waals surface area (Å²) in [5.41, 5.74) is 1.10. The normalized spacial score (nSPS) is 27.6. The van der Waals surface area contributed by atoms with Crippen molar-refractivity contribution in [3.63, 3.8) is 0 Å². The molecule has 0 bridgehead atoms. The highest BCUT2D eigenvalue weighted by atomic mass is 35.5. The van der Waals surface area contributed by atoms with Crippen LogP contribution in [0.1, 0.15) is 43.7 Å². The van der Waals surface area contributed by atoms with Crippen LogP contribution < -0.4 is 5.32 Å². The highest BCUT2D eigenvalue weighted by molar-refractivity contribution is 6.31. The SMILES string of the molecule is CNCC1CCCCN(C2CC2)C1c1ccc(F)cc1Cl. The van der Waals surface area contributed by atoms with Crippen LogP contribution in [-0.4, -0.2) is 31.1 Å². The van der Waals surface area contributed by atoms with Crippen LogP contribution in [0.2, 0.25) is 5.02 Å². The molecule has 0 radical (unpaired) electrons. The molecule has 2 aliphatic rings. The van der Waals surface area contributed by atoms with E-state index in [1.54, 1.807) is 6.07 Å². The van der Waals surface area contributed by atoms with Gasteiger partial charge < -0.3 is 5.32 Å². The lowest BCUT2D eigenvalue weighted by molar-refractivity contribution is 0.145. The largest absolute Gasteiger partial charge is 0.319 e. The molecule has 2 fully saturated rings. The van der Waals surface area contributed by atoms with E-state index < -0.39 is 0 Å². The van der Waals surface area contributed by atoms with E-state index in [1.165, 1.54) is 38.2 Å². The number of nitrogens with one attached hydrogen (secondary N) is 1. The zero-order valence-corrected chi connectivity index (χ0v) is 13.4. The first kappa shape index (κ1) is 15.3. The third-order valence-corrected chi connectivity index (χ3v) is 5.14. The minimum absolute atomic E-state index is 0.250. The van der Waals surface area contributed by atoms with Crippen molar-refractivity contribution in [1.29, 1.82) is 0 Å². The summed E-state index contributed by atoms with van der Waals surface area (Å²) in [5.74, 6) is 0.293. The molecule has 116 valence electrons. The predicted octanol–water partition coefficient (Wildman–Crippen LogP) is 4.00. The summed E-state index contributed by atoms with van der Waals surface area (Å²) >= 11 is 6.38. The lowest BCUT2D eigenvalue weighted by Crippen LogP contribution is -2.38. The van der Waals surface area contributed by atoms with Crippen LogP contribution in [0.3, 0.4) is 0 Å². The van der Waals surface area contributed by atoms with Crippen molar-refractivity contribution in [3.05, 3.63) is 34.6 Å². The average Bonchev–Trinajstić information content (AvgIpc) is 3.26. The van der Waals surface area contributed by atoms with Crippen molar-refractivity contribution < 1.29 is 4.39 Å². The third-order valence-electron chi connectivity index (χ3n) is 4.81. The number of hydrogen-bond donors (Lipinski definition) is 1. The molecule has 1 aliphatic heterocycles. The van der Waals surface area contributed by atoms with Gasteiger partial charge >= 0.3 is 0 Å². The van der Waals surface area contributed by atoms with Crippen LogP contribution in [0.5, 0.6) is 0 Å². The van der Waals surface area contributed by atoms with Crippen molar-refractivity contribution in [3.8, 4) is 0 Å². The zero-order valence-electron chi connectivity index (χ0n) is 12.6. The molecule has 0 spiro atoms. The topological polar surface area (TPSA) is 15.3 Å². The van der Waals surface area contributed by atoms with Crippen molar-refractivity contribution in [2.45, 2.75) is 44.2 Å². The molecule has 1 heterocycles. The maximum absolute atomic E-state index is 13.4. The molecule has 2 nitrogen and oxygen atoms in total. The van der Waals surface area contributed by atoms with Gasteiger partial charge in [0.2, 0.25) is 0 Å². The van der Waals surface area contributed by atoms with Crippen LogP contribution >= 0.6 is 11.6 Å². The summed E-state index contributed by atoms with van der Waals surface area (Å²) in [5, 5.41) is 3.91. The van der Waals surface area contributed by atoms with Crippen LogP contribution in [0.4, 0.5) is 4.39 Å². The Morgan fingerprint density at radius 2 is 2.10 bits per heavy atom. The molecule has 21 heavy (non-hydrogen) atoms. The summed E-state index contributed by atoms with van der Waals surface area (Å²) in [4.78, 5) is 2.63. The van der Waals surface area contributed by atoms with Gasteiger partial charge in [-0.05, 0) is 69.4 Å². The fourth-order valence-electron chi connectivity index (χ4n) is 3.73. The van der Waals surface area contributed by atoms with Crippen molar-refractivity contribution >= 4 is 11.6 Å². The van der Waals surface area contributed by atoms with E-state index in [4.69, 9.17) is 11.6 Å². The van der Waals surface area contributed by atoms with Gasteiger partial charge in [-0.25, -0.2) is 4.39 Å². The van der Waals surface area contributed by atoms with E-state index in [-0.39, 0.29) is 5.82 Å². The monoisotopic (exact) mass is 310 g/mol. The lowest BCUT2D eigenvalue weighted by atomic mass is 9.88. The second kappa shape index (κ2) is 6.64. The molecular weight excluding hydrogens is 287 g/mol. The van der Waals surface area contributed by atoms with Crippen LogP contribution in [0.25, 0.3) is 0 Å². The maximum Gasteiger partial charge on any atom is 0.124 e. The fraction of sp³-hybridized carbons (Fsp3) is 0.647. The fourth-order valence-corrected chi connectivity index (χ4v) is 4.01. The second-order valence-corrected chi connectivity index (χ2v) is 6.80. The minimum Gasteiger partial charge on any atom is -0.319 e. The highest BCUT2D eigenvalue weighted by Crippen LogP contribution is 2.43. The minimum atomic E-state index is -0.250. The molecule has 4 heteroatoms. The van der Waals surface area contributed by atoms with E-state index in [0.29, 0.717) is 23.0 Å². The first-order valence-electron chi connectivity index (χ1n) is 8.06. The number of hydrogen-bond acceptors (Lipinski definition) is 2. The van der Waals surface area contributed by atoms with Crippen LogP contribution in [0, 0.1) is 11.7 Å². The van der Waals surface area contributed by atoms with Gasteiger partial charge in [0.25, 0.3) is 0 Å². The molecule has 0 aromatic heterocycles. The van der Waals surface area contributed by atoms with E-state index in [1.807, 2.05) is 13.1 Å². The summed E-state index contributed by atoms with van der Waals surface area (Å²) in [6.07, 6.45) is 6.32. The Hall–Kier alpha value is -0.640. The van der Waals surface area contributed by atoms with Gasteiger partial charge in [0.05, 0.1) is 0 Å². The smallest absolute Gasteiger partial charge is 0.124 e. The Morgan fingerprint density at radius 3 is 2.76 bits per heavy atom. The Labute approximate surface area is 131 Å². The van der Waals surface area contributed by atoms with Gasteiger partial charge in [-0.1, -0.05) is 24.1 Å². The molecule has 0 amide bonds. The number of rotatable bonds is 4. The molecule has 3 rings (SSSR count). The molecule has 1 N–H and O–H groups in total. The van der Waals surface area contributed by atoms with Gasteiger partial charge in [-0.3, -0.25) is 4.90 Å². The molecule has 2 unspecified atom stereocenters. The first-order chi connectivity index (χ1) is 10.2. The molecule has 1 aliphatic carbocycles. The Kier molecular flexibility index (Phi) is 4.82. The number of halogens is 2.